The van der Waals surface area contributed by atoms with E-state index in [0.717, 1.165) is 16.3 Å². The molecule has 0 unspecified atom stereocenters. The number of rotatable bonds is 7. The van der Waals surface area contributed by atoms with Crippen molar-refractivity contribution in [3.63, 3.8) is 0 Å². The molecule has 12 heteroatoms. The molecule has 0 aliphatic rings. The van der Waals surface area contributed by atoms with Crippen molar-refractivity contribution in [1.82, 2.24) is 29.7 Å². The summed E-state index contributed by atoms with van der Waals surface area (Å²) in [7, 11) is 1.39. The lowest BCUT2D eigenvalue weighted by Gasteiger charge is -2.15. The molecule has 0 bridgehead atoms. The number of imide groups is 1. The summed E-state index contributed by atoms with van der Waals surface area (Å²) in [5, 5.41) is 5.16. The molecule has 32 heavy (non-hydrogen) atoms. The van der Waals surface area contributed by atoms with Gasteiger partial charge >= 0.3 is 11.7 Å². The molecular weight excluding hydrogens is 436 g/mol. The minimum Gasteiger partial charge on any atom is -0.467 e. The van der Waals surface area contributed by atoms with E-state index in [1.54, 1.807) is 19.1 Å². The Labute approximate surface area is 187 Å². The van der Waals surface area contributed by atoms with Gasteiger partial charge in [0.25, 0.3) is 5.56 Å². The second-order valence-corrected chi connectivity index (χ2v) is 8.49. The topological polar surface area (TPSA) is 141 Å². The van der Waals surface area contributed by atoms with Gasteiger partial charge in [0.1, 0.15) is 22.0 Å². The molecule has 0 atom stereocenters. The lowest BCUT2D eigenvalue weighted by molar-refractivity contribution is -0.117. The molecule has 0 saturated heterocycles. The zero-order valence-electron chi connectivity index (χ0n) is 18.2. The van der Waals surface area contributed by atoms with E-state index >= 15 is 0 Å². The van der Waals surface area contributed by atoms with E-state index in [1.807, 2.05) is 13.8 Å². The fourth-order valence-corrected chi connectivity index (χ4v) is 3.86. The number of hydrogen-bond donors (Lipinski definition) is 2. The van der Waals surface area contributed by atoms with Crippen molar-refractivity contribution in [2.45, 2.75) is 38.9 Å². The lowest BCUT2D eigenvalue weighted by Crippen LogP contribution is -2.40. The Morgan fingerprint density at radius 2 is 2.00 bits per heavy atom. The molecule has 11 nitrogen and oxygen atoms in total. The smallest absolute Gasteiger partial charge is 0.332 e. The van der Waals surface area contributed by atoms with Gasteiger partial charge in [0.05, 0.1) is 18.6 Å². The van der Waals surface area contributed by atoms with Crippen LogP contribution in [0, 0.1) is 12.8 Å². The number of carbonyl (C=O) groups is 2. The van der Waals surface area contributed by atoms with Crippen molar-refractivity contribution >= 4 is 34.7 Å². The number of carbonyl (C=O) groups excluding carboxylic acids is 2. The molecule has 3 heterocycles. The number of hydrogen-bond acceptors (Lipinski definition) is 8. The fourth-order valence-electron chi connectivity index (χ4n) is 3.00. The molecule has 3 amide bonds. The Bertz CT molecular complexity index is 1260. The molecule has 3 aromatic rings. The third kappa shape index (κ3) is 5.25. The number of thioether (sulfide) groups is 1. The number of aromatic nitrogens is 4. The van der Waals surface area contributed by atoms with Crippen LogP contribution in [0.2, 0.25) is 0 Å². The third-order valence-electron chi connectivity index (χ3n) is 4.40. The highest BCUT2D eigenvalue weighted by molar-refractivity contribution is 8.00. The summed E-state index contributed by atoms with van der Waals surface area (Å²) in [4.78, 5) is 58.2. The molecule has 0 radical (unpaired) electrons. The van der Waals surface area contributed by atoms with Crippen molar-refractivity contribution < 1.29 is 14.0 Å². The summed E-state index contributed by atoms with van der Waals surface area (Å²) in [5.74, 6) is 0.329. The van der Waals surface area contributed by atoms with E-state index in [2.05, 4.69) is 20.6 Å². The van der Waals surface area contributed by atoms with Crippen LogP contribution in [0.4, 0.5) is 4.79 Å². The Morgan fingerprint density at radius 3 is 2.66 bits per heavy atom. The maximum atomic E-state index is 12.8. The fraction of sp³-hybridized carbons (Fsp3) is 0.400. The summed E-state index contributed by atoms with van der Waals surface area (Å²) in [5.41, 5.74) is -0.765. The van der Waals surface area contributed by atoms with Crippen molar-refractivity contribution in [1.29, 1.82) is 0 Å². The average Bonchev–Trinajstić information content (AvgIpc) is 3.25. The van der Waals surface area contributed by atoms with E-state index in [4.69, 9.17) is 4.42 Å². The molecule has 2 N–H and O–H groups in total. The number of fused-ring (bicyclic) bond motifs is 1. The van der Waals surface area contributed by atoms with Crippen molar-refractivity contribution in [2.24, 2.45) is 13.0 Å². The highest BCUT2D eigenvalue weighted by Gasteiger charge is 2.19. The van der Waals surface area contributed by atoms with Gasteiger partial charge in [0.2, 0.25) is 5.91 Å². The molecule has 0 aromatic carbocycles. The van der Waals surface area contributed by atoms with Gasteiger partial charge in [-0.25, -0.2) is 19.6 Å². The van der Waals surface area contributed by atoms with Crippen molar-refractivity contribution in [3.8, 4) is 0 Å². The van der Waals surface area contributed by atoms with Crippen LogP contribution in [0.5, 0.6) is 0 Å². The monoisotopic (exact) mass is 460 g/mol. The minimum absolute atomic E-state index is 0.137. The first-order chi connectivity index (χ1) is 15.2. The Morgan fingerprint density at radius 1 is 1.25 bits per heavy atom. The van der Waals surface area contributed by atoms with Crippen LogP contribution in [0.15, 0.2) is 37.4 Å². The molecule has 0 aliphatic heterocycles. The second kappa shape index (κ2) is 9.81. The molecule has 0 aliphatic carbocycles. The van der Waals surface area contributed by atoms with Gasteiger partial charge in [0.15, 0.2) is 5.65 Å². The molecule has 0 saturated carbocycles. The summed E-state index contributed by atoms with van der Waals surface area (Å²) >= 11 is 0.996. The molecule has 3 aromatic heterocycles. The number of amides is 3. The van der Waals surface area contributed by atoms with E-state index in [9.17, 15) is 19.2 Å². The molecule has 170 valence electrons. The first-order valence-corrected chi connectivity index (χ1v) is 10.9. The largest absolute Gasteiger partial charge is 0.467 e. The number of nitrogens with one attached hydrogen (secondary N) is 2. The van der Waals surface area contributed by atoms with Gasteiger partial charge in [-0.1, -0.05) is 25.6 Å². The SMILES string of the molecule is Cc1nc(SCC(=O)NC(=O)NCc2ccco2)c2c(=O)n(C)c(=O)n(CC(C)C)c2n1. The van der Waals surface area contributed by atoms with E-state index < -0.39 is 23.2 Å². The highest BCUT2D eigenvalue weighted by Crippen LogP contribution is 2.22. The number of urea groups is 1. The third-order valence-corrected chi connectivity index (χ3v) is 5.38. The van der Waals surface area contributed by atoms with E-state index in [0.29, 0.717) is 18.1 Å². The normalized spacial score (nSPS) is 11.2. The predicted molar refractivity (Wildman–Crippen MR) is 118 cm³/mol. The van der Waals surface area contributed by atoms with Gasteiger partial charge in [0, 0.05) is 13.6 Å². The maximum absolute atomic E-state index is 12.8. The quantitative estimate of drug-likeness (QED) is 0.395. The number of nitrogens with zero attached hydrogens (tertiary/aromatic N) is 4. The van der Waals surface area contributed by atoms with Crippen molar-refractivity contribution in [2.75, 3.05) is 5.75 Å². The van der Waals surface area contributed by atoms with Gasteiger partial charge < -0.3 is 9.73 Å². The molecule has 3 rings (SSSR count). The number of furan rings is 1. The molecule has 0 fully saturated rings. The van der Waals surface area contributed by atoms with Gasteiger partial charge in [-0.3, -0.25) is 24.0 Å². The summed E-state index contributed by atoms with van der Waals surface area (Å²) in [6.45, 7) is 6.06. The van der Waals surface area contributed by atoms with Crippen LogP contribution in [-0.2, 0) is 24.9 Å². The van der Waals surface area contributed by atoms with Crippen LogP contribution >= 0.6 is 11.8 Å². The standard InChI is InChI=1S/C20H24N6O5S/c1-11(2)9-26-16-15(18(28)25(4)20(26)30)17(23-12(3)22-16)32-10-14(27)24-19(29)21-8-13-6-5-7-31-13/h5-7,11H,8-10H2,1-4H3,(H2,21,24,27,29). The zero-order chi connectivity index (χ0) is 23.4. The minimum atomic E-state index is -0.669. The van der Waals surface area contributed by atoms with Crippen molar-refractivity contribution in [3.05, 3.63) is 50.8 Å². The molecular formula is C20H24N6O5S. The van der Waals surface area contributed by atoms with Crippen LogP contribution < -0.4 is 21.9 Å². The molecule has 0 spiro atoms. The van der Waals surface area contributed by atoms with Crippen LogP contribution in [0.1, 0.15) is 25.4 Å². The number of aryl methyl sites for hydroxylation is 1. The lowest BCUT2D eigenvalue weighted by atomic mass is 10.2. The summed E-state index contributed by atoms with van der Waals surface area (Å²) in [6.07, 6.45) is 1.48. The zero-order valence-corrected chi connectivity index (χ0v) is 19.0. The van der Waals surface area contributed by atoms with Crippen LogP contribution in [-0.4, -0.2) is 36.8 Å². The Balaban J connectivity index is 1.80. The van der Waals surface area contributed by atoms with E-state index in [1.165, 1.54) is 17.9 Å². The van der Waals surface area contributed by atoms with Gasteiger partial charge in [-0.2, -0.15) is 0 Å². The first kappa shape index (κ1) is 23.3. The highest BCUT2D eigenvalue weighted by atomic mass is 32.2. The summed E-state index contributed by atoms with van der Waals surface area (Å²) < 4.78 is 7.56. The Hall–Kier alpha value is -3.41. The Kier molecular flexibility index (Phi) is 7.13. The average molecular weight is 461 g/mol. The summed E-state index contributed by atoms with van der Waals surface area (Å²) in [6, 6.07) is 2.72. The van der Waals surface area contributed by atoms with Crippen LogP contribution in [0.3, 0.4) is 0 Å². The van der Waals surface area contributed by atoms with Gasteiger partial charge in [-0.15, -0.1) is 0 Å². The predicted octanol–water partition coefficient (Wildman–Crippen LogP) is 1.17. The first-order valence-electron chi connectivity index (χ1n) is 9.88. The van der Waals surface area contributed by atoms with E-state index in [-0.39, 0.29) is 34.3 Å². The van der Waals surface area contributed by atoms with Crippen LogP contribution in [0.25, 0.3) is 11.0 Å². The maximum Gasteiger partial charge on any atom is 0.332 e. The second-order valence-electron chi connectivity index (χ2n) is 7.52. The van der Waals surface area contributed by atoms with Gasteiger partial charge in [-0.05, 0) is 25.0 Å².